The molecule has 5 heteroatoms. The van der Waals surface area contributed by atoms with E-state index >= 15 is 0 Å². The second-order valence-electron chi connectivity index (χ2n) is 2.85. The van der Waals surface area contributed by atoms with Crippen LogP contribution in [0.4, 0.5) is 8.78 Å². The van der Waals surface area contributed by atoms with Gasteiger partial charge < -0.3 is 5.11 Å². The average molecular weight is 286 g/mol. The van der Waals surface area contributed by atoms with E-state index in [1.807, 2.05) is 0 Å². The van der Waals surface area contributed by atoms with E-state index in [1.165, 1.54) is 0 Å². The molecule has 0 saturated carbocycles. The Kier molecular flexibility index (Phi) is 3.86. The predicted octanol–water partition coefficient (Wildman–Crippen LogP) is 3.18. The summed E-state index contributed by atoms with van der Waals surface area (Å²) in [5, 5.41) is 5.47. The molecule has 1 rings (SSSR count). The lowest BCUT2D eigenvalue weighted by Crippen LogP contribution is -2.29. The maximum absolute atomic E-state index is 12.4. The molecule has 0 aliphatic rings. The molecule has 0 aromatic heterocycles. The lowest BCUT2D eigenvalue weighted by atomic mass is 10.1. The number of hydrogen-bond acceptors (Lipinski definition) is 1. The molecular formula is C9H8BrClF2O. The number of aliphatic hydroxyl groups is 1. The van der Waals surface area contributed by atoms with Crippen LogP contribution in [0.3, 0.4) is 0 Å². The number of aliphatic hydroxyl groups excluding tert-OH is 1. The molecule has 0 aliphatic heterocycles. The topological polar surface area (TPSA) is 20.2 Å². The molecule has 0 radical (unpaired) electrons. The summed E-state index contributed by atoms with van der Waals surface area (Å²) in [7, 11) is 0. The highest BCUT2D eigenvalue weighted by Crippen LogP contribution is 2.27. The van der Waals surface area contributed by atoms with Gasteiger partial charge in [0.1, 0.15) is 6.10 Å². The van der Waals surface area contributed by atoms with Gasteiger partial charge in [0.2, 0.25) is 0 Å². The van der Waals surface area contributed by atoms with Crippen LogP contribution in [0.1, 0.15) is 5.56 Å². The van der Waals surface area contributed by atoms with Crippen molar-refractivity contribution >= 4 is 27.5 Å². The Morgan fingerprint density at radius 3 is 2.50 bits per heavy atom. The summed E-state index contributed by atoms with van der Waals surface area (Å²) in [6, 6.07) is 6.84. The van der Waals surface area contributed by atoms with Crippen LogP contribution in [-0.2, 0) is 6.42 Å². The molecule has 0 amide bonds. The fraction of sp³-hybridized carbons (Fsp3) is 0.333. The molecule has 1 N–H and O–H groups in total. The molecule has 0 bridgehead atoms. The molecule has 0 fully saturated rings. The molecular weight excluding hydrogens is 277 g/mol. The summed E-state index contributed by atoms with van der Waals surface area (Å²) in [5.41, 5.74) is 0.598. The molecule has 1 atom stereocenters. The van der Waals surface area contributed by atoms with Gasteiger partial charge in [-0.1, -0.05) is 34.1 Å². The van der Waals surface area contributed by atoms with Gasteiger partial charge in [-0.3, -0.25) is 0 Å². The van der Waals surface area contributed by atoms with Crippen molar-refractivity contribution in [2.45, 2.75) is 17.9 Å². The summed E-state index contributed by atoms with van der Waals surface area (Å²) in [5.74, 6) is 0. The van der Waals surface area contributed by atoms with Gasteiger partial charge in [0, 0.05) is 10.9 Å². The number of hydrogen-bond donors (Lipinski definition) is 1. The molecule has 1 nitrogen and oxygen atoms in total. The SMILES string of the molecule is OC(Cc1ccccc1Br)C(F)(F)Cl. The molecule has 14 heavy (non-hydrogen) atoms. The van der Waals surface area contributed by atoms with Crippen LogP contribution in [0.5, 0.6) is 0 Å². The minimum atomic E-state index is -3.59. The van der Waals surface area contributed by atoms with Crippen LogP contribution in [0.2, 0.25) is 0 Å². The average Bonchev–Trinajstić information content (AvgIpc) is 2.07. The molecule has 1 unspecified atom stereocenters. The first-order valence-corrected chi connectivity index (χ1v) is 5.06. The van der Waals surface area contributed by atoms with Gasteiger partial charge in [-0.15, -0.1) is 0 Å². The van der Waals surface area contributed by atoms with E-state index in [4.69, 9.17) is 5.11 Å². The van der Waals surface area contributed by atoms with Gasteiger partial charge in [-0.25, -0.2) is 0 Å². The van der Waals surface area contributed by atoms with Crippen molar-refractivity contribution in [3.05, 3.63) is 34.3 Å². The zero-order chi connectivity index (χ0) is 10.8. The number of halogens is 4. The lowest BCUT2D eigenvalue weighted by Gasteiger charge is -2.16. The Morgan fingerprint density at radius 2 is 2.00 bits per heavy atom. The Hall–Kier alpha value is -0.190. The highest BCUT2D eigenvalue weighted by Gasteiger charge is 2.35. The van der Waals surface area contributed by atoms with Gasteiger partial charge in [0.15, 0.2) is 0 Å². The Labute approximate surface area is 93.8 Å². The first-order chi connectivity index (χ1) is 6.41. The van der Waals surface area contributed by atoms with Crippen LogP contribution in [0.25, 0.3) is 0 Å². The van der Waals surface area contributed by atoms with E-state index in [1.54, 1.807) is 24.3 Å². The van der Waals surface area contributed by atoms with E-state index in [2.05, 4.69) is 27.5 Å². The zero-order valence-electron chi connectivity index (χ0n) is 7.05. The van der Waals surface area contributed by atoms with Crippen molar-refractivity contribution in [3.8, 4) is 0 Å². The minimum absolute atomic E-state index is 0.183. The highest BCUT2D eigenvalue weighted by molar-refractivity contribution is 9.10. The van der Waals surface area contributed by atoms with E-state index in [-0.39, 0.29) is 6.42 Å². The number of benzene rings is 1. The van der Waals surface area contributed by atoms with Crippen LogP contribution in [-0.4, -0.2) is 16.6 Å². The quantitative estimate of drug-likeness (QED) is 0.846. The molecule has 0 aliphatic carbocycles. The number of alkyl halides is 3. The Balaban J connectivity index is 2.75. The molecule has 1 aromatic carbocycles. The first-order valence-electron chi connectivity index (χ1n) is 3.89. The summed E-state index contributed by atoms with van der Waals surface area (Å²) >= 11 is 7.88. The molecule has 0 heterocycles. The maximum Gasteiger partial charge on any atom is 0.347 e. The molecule has 1 aromatic rings. The summed E-state index contributed by atoms with van der Waals surface area (Å²) < 4.78 is 25.5. The fourth-order valence-corrected chi connectivity index (χ4v) is 1.51. The van der Waals surface area contributed by atoms with E-state index in [0.29, 0.717) is 10.0 Å². The van der Waals surface area contributed by atoms with Crippen molar-refractivity contribution in [1.29, 1.82) is 0 Å². The van der Waals surface area contributed by atoms with E-state index < -0.39 is 11.5 Å². The first kappa shape index (κ1) is 11.9. The third-order valence-electron chi connectivity index (χ3n) is 1.75. The summed E-state index contributed by atoms with van der Waals surface area (Å²) in [6.45, 7) is 0. The maximum atomic E-state index is 12.4. The summed E-state index contributed by atoms with van der Waals surface area (Å²) in [4.78, 5) is 0. The van der Waals surface area contributed by atoms with Crippen molar-refractivity contribution in [2.75, 3.05) is 0 Å². The van der Waals surface area contributed by atoms with Gasteiger partial charge in [0.25, 0.3) is 0 Å². The largest absolute Gasteiger partial charge is 0.385 e. The van der Waals surface area contributed by atoms with Gasteiger partial charge >= 0.3 is 5.38 Å². The monoisotopic (exact) mass is 284 g/mol. The van der Waals surface area contributed by atoms with Crippen LogP contribution in [0.15, 0.2) is 28.7 Å². The smallest absolute Gasteiger partial charge is 0.347 e. The molecule has 78 valence electrons. The predicted molar refractivity (Wildman–Crippen MR) is 54.7 cm³/mol. The third kappa shape index (κ3) is 3.19. The van der Waals surface area contributed by atoms with Crippen molar-refractivity contribution in [3.63, 3.8) is 0 Å². The van der Waals surface area contributed by atoms with Crippen molar-refractivity contribution in [1.82, 2.24) is 0 Å². The van der Waals surface area contributed by atoms with Crippen LogP contribution in [0, 0.1) is 0 Å². The third-order valence-corrected chi connectivity index (χ3v) is 2.77. The Bertz CT molecular complexity index is 314. The van der Waals surface area contributed by atoms with Gasteiger partial charge in [-0.2, -0.15) is 8.78 Å². The van der Waals surface area contributed by atoms with Crippen molar-refractivity contribution in [2.24, 2.45) is 0 Å². The van der Waals surface area contributed by atoms with Crippen LogP contribution >= 0.6 is 27.5 Å². The molecule has 0 spiro atoms. The number of rotatable bonds is 3. The zero-order valence-corrected chi connectivity index (χ0v) is 9.39. The standard InChI is InChI=1S/C9H8BrClF2O/c10-7-4-2-1-3-6(7)5-8(14)9(11,12)13/h1-4,8,14H,5H2. The van der Waals surface area contributed by atoms with Gasteiger partial charge in [-0.05, 0) is 23.2 Å². The second kappa shape index (κ2) is 4.55. The van der Waals surface area contributed by atoms with E-state index in [9.17, 15) is 8.78 Å². The minimum Gasteiger partial charge on any atom is -0.385 e. The summed E-state index contributed by atoms with van der Waals surface area (Å²) in [6.07, 6.45) is -2.05. The highest BCUT2D eigenvalue weighted by atomic mass is 79.9. The normalized spacial score (nSPS) is 14.1. The fourth-order valence-electron chi connectivity index (χ4n) is 0.988. The van der Waals surface area contributed by atoms with Gasteiger partial charge in [0.05, 0.1) is 0 Å². The lowest BCUT2D eigenvalue weighted by molar-refractivity contribution is -0.0398. The second-order valence-corrected chi connectivity index (χ2v) is 4.21. The van der Waals surface area contributed by atoms with Crippen molar-refractivity contribution < 1.29 is 13.9 Å². The Morgan fingerprint density at radius 1 is 1.43 bits per heavy atom. The van der Waals surface area contributed by atoms with Crippen LogP contribution < -0.4 is 0 Å². The molecule has 0 saturated heterocycles. The van der Waals surface area contributed by atoms with E-state index in [0.717, 1.165) is 0 Å².